The van der Waals surface area contributed by atoms with Crippen LogP contribution in [0.3, 0.4) is 0 Å². The fourth-order valence-electron chi connectivity index (χ4n) is 4.29. The van der Waals surface area contributed by atoms with Crippen LogP contribution in [0.1, 0.15) is 49.4 Å². The first kappa shape index (κ1) is 23.1. The standard InChI is InChI=1S/C27H32N2O4/c1-3-31-27(30)28-21-13-15-22(16-14-21)32-18-25-19(2)26(23-11-7-8-12-24(23)29-25)33-17-20-9-5-4-6-10-20/h4-12,21-22H,3,13-18H2,1-2H3,(H,28,30)/t21-,22-. The summed E-state index contributed by atoms with van der Waals surface area (Å²) >= 11 is 0. The number of pyridine rings is 1. The number of carbonyl (C=O) groups excluding carboxylic acids is 1. The van der Waals surface area contributed by atoms with Gasteiger partial charge >= 0.3 is 6.09 Å². The summed E-state index contributed by atoms with van der Waals surface area (Å²) in [5, 5.41) is 3.95. The highest BCUT2D eigenvalue weighted by atomic mass is 16.5. The van der Waals surface area contributed by atoms with Crippen LogP contribution >= 0.6 is 0 Å². The van der Waals surface area contributed by atoms with Crippen molar-refractivity contribution in [2.24, 2.45) is 0 Å². The molecule has 4 rings (SSSR count). The van der Waals surface area contributed by atoms with Gasteiger partial charge in [-0.3, -0.25) is 0 Å². The molecule has 1 N–H and O–H groups in total. The van der Waals surface area contributed by atoms with E-state index >= 15 is 0 Å². The van der Waals surface area contributed by atoms with E-state index in [1.807, 2.05) is 43.3 Å². The molecule has 1 aliphatic rings. The summed E-state index contributed by atoms with van der Waals surface area (Å²) in [6.07, 6.45) is 3.41. The number of para-hydroxylation sites is 1. The summed E-state index contributed by atoms with van der Waals surface area (Å²) in [7, 11) is 0. The molecule has 1 amide bonds. The number of amides is 1. The van der Waals surface area contributed by atoms with Crippen molar-refractivity contribution in [2.75, 3.05) is 6.61 Å². The molecule has 0 atom stereocenters. The zero-order valence-corrected chi connectivity index (χ0v) is 19.4. The van der Waals surface area contributed by atoms with Crippen molar-refractivity contribution in [2.45, 2.75) is 64.9 Å². The molecule has 0 saturated heterocycles. The number of hydrogen-bond donors (Lipinski definition) is 1. The Balaban J connectivity index is 1.41. The van der Waals surface area contributed by atoms with E-state index in [-0.39, 0.29) is 18.2 Å². The van der Waals surface area contributed by atoms with Crippen molar-refractivity contribution in [1.29, 1.82) is 0 Å². The lowest BCUT2D eigenvalue weighted by molar-refractivity contribution is 0.00940. The third-order valence-corrected chi connectivity index (χ3v) is 6.13. The maximum Gasteiger partial charge on any atom is 0.407 e. The second-order valence-corrected chi connectivity index (χ2v) is 8.45. The number of alkyl carbamates (subject to hydrolysis) is 1. The average molecular weight is 449 g/mol. The van der Waals surface area contributed by atoms with Crippen LogP contribution in [-0.2, 0) is 22.7 Å². The number of benzene rings is 2. The Morgan fingerprint density at radius 3 is 2.48 bits per heavy atom. The monoisotopic (exact) mass is 448 g/mol. The Morgan fingerprint density at radius 1 is 1.00 bits per heavy atom. The van der Waals surface area contributed by atoms with Gasteiger partial charge in [-0.25, -0.2) is 9.78 Å². The minimum absolute atomic E-state index is 0.155. The highest BCUT2D eigenvalue weighted by molar-refractivity contribution is 5.86. The Bertz CT molecular complexity index is 1060. The van der Waals surface area contributed by atoms with Crippen LogP contribution in [0.4, 0.5) is 4.79 Å². The van der Waals surface area contributed by atoms with Crippen molar-refractivity contribution in [1.82, 2.24) is 10.3 Å². The number of carbonyl (C=O) groups is 1. The van der Waals surface area contributed by atoms with Crippen LogP contribution in [0.2, 0.25) is 0 Å². The summed E-state index contributed by atoms with van der Waals surface area (Å²) in [6.45, 7) is 5.20. The average Bonchev–Trinajstić information content (AvgIpc) is 2.84. The van der Waals surface area contributed by atoms with E-state index in [4.69, 9.17) is 19.2 Å². The van der Waals surface area contributed by atoms with Crippen LogP contribution in [-0.4, -0.2) is 29.8 Å². The Labute approximate surface area is 195 Å². The van der Waals surface area contributed by atoms with Crippen LogP contribution in [0, 0.1) is 6.92 Å². The van der Waals surface area contributed by atoms with Crippen LogP contribution in [0.5, 0.6) is 5.75 Å². The van der Waals surface area contributed by atoms with Crippen molar-refractivity contribution >= 4 is 17.0 Å². The van der Waals surface area contributed by atoms with E-state index in [1.165, 1.54) is 0 Å². The van der Waals surface area contributed by atoms with Crippen molar-refractivity contribution in [3.05, 3.63) is 71.4 Å². The summed E-state index contributed by atoms with van der Waals surface area (Å²) < 4.78 is 17.5. The molecule has 0 unspecified atom stereocenters. The summed E-state index contributed by atoms with van der Waals surface area (Å²) in [5.74, 6) is 0.866. The number of hydrogen-bond acceptors (Lipinski definition) is 5. The van der Waals surface area contributed by atoms with Crippen LogP contribution < -0.4 is 10.1 Å². The fraction of sp³-hybridized carbons (Fsp3) is 0.407. The van der Waals surface area contributed by atoms with Gasteiger partial charge in [0.2, 0.25) is 0 Å². The molecule has 2 aromatic carbocycles. The van der Waals surface area contributed by atoms with E-state index in [0.29, 0.717) is 19.8 Å². The number of ether oxygens (including phenoxy) is 3. The van der Waals surface area contributed by atoms with Gasteiger partial charge in [0.05, 0.1) is 30.5 Å². The van der Waals surface area contributed by atoms with Gasteiger partial charge in [-0.15, -0.1) is 0 Å². The molecule has 0 aliphatic heterocycles. The first-order valence-corrected chi connectivity index (χ1v) is 11.7. The molecular weight excluding hydrogens is 416 g/mol. The van der Waals surface area contributed by atoms with Gasteiger partial charge < -0.3 is 19.5 Å². The lowest BCUT2D eigenvalue weighted by Crippen LogP contribution is -2.39. The Kier molecular flexibility index (Phi) is 7.79. The maximum atomic E-state index is 11.6. The number of rotatable bonds is 8. The Morgan fingerprint density at radius 2 is 1.73 bits per heavy atom. The number of fused-ring (bicyclic) bond motifs is 1. The second-order valence-electron chi connectivity index (χ2n) is 8.45. The first-order valence-electron chi connectivity index (χ1n) is 11.7. The third-order valence-electron chi connectivity index (χ3n) is 6.13. The molecule has 6 heteroatoms. The molecular formula is C27H32N2O4. The van der Waals surface area contributed by atoms with Gasteiger partial charge in [-0.1, -0.05) is 42.5 Å². The first-order chi connectivity index (χ1) is 16.1. The zero-order chi connectivity index (χ0) is 23.0. The fourth-order valence-corrected chi connectivity index (χ4v) is 4.29. The number of aromatic nitrogens is 1. The van der Waals surface area contributed by atoms with E-state index in [9.17, 15) is 4.79 Å². The molecule has 33 heavy (non-hydrogen) atoms. The highest BCUT2D eigenvalue weighted by Gasteiger charge is 2.24. The zero-order valence-electron chi connectivity index (χ0n) is 19.4. The number of nitrogens with one attached hydrogen (secondary N) is 1. The molecule has 1 aliphatic carbocycles. The third kappa shape index (κ3) is 6.02. The topological polar surface area (TPSA) is 69.7 Å². The van der Waals surface area contributed by atoms with E-state index in [1.54, 1.807) is 0 Å². The molecule has 1 fully saturated rings. The van der Waals surface area contributed by atoms with Crippen molar-refractivity contribution < 1.29 is 19.0 Å². The van der Waals surface area contributed by atoms with Crippen molar-refractivity contribution in [3.63, 3.8) is 0 Å². The normalized spacial score (nSPS) is 18.1. The maximum absolute atomic E-state index is 11.6. The quantitative estimate of drug-likeness (QED) is 0.479. The summed E-state index contributed by atoms with van der Waals surface area (Å²) in [5.41, 5.74) is 3.96. The molecule has 0 bridgehead atoms. The molecule has 0 radical (unpaired) electrons. The molecule has 1 saturated carbocycles. The van der Waals surface area contributed by atoms with Gasteiger partial charge in [0, 0.05) is 17.0 Å². The SMILES string of the molecule is CCOC(=O)N[C@H]1CC[C@H](OCc2nc3ccccc3c(OCc3ccccc3)c2C)CC1. The largest absolute Gasteiger partial charge is 0.488 e. The molecule has 1 aromatic heterocycles. The van der Waals surface area contributed by atoms with E-state index in [0.717, 1.165) is 59.2 Å². The van der Waals surface area contributed by atoms with Crippen molar-refractivity contribution in [3.8, 4) is 5.75 Å². The minimum atomic E-state index is -0.333. The van der Waals surface area contributed by atoms with Gasteiger partial charge in [0.15, 0.2) is 0 Å². The van der Waals surface area contributed by atoms with E-state index in [2.05, 4.69) is 30.4 Å². The van der Waals surface area contributed by atoms with Gasteiger partial charge in [0.25, 0.3) is 0 Å². The summed E-state index contributed by atoms with van der Waals surface area (Å²) in [4.78, 5) is 16.5. The summed E-state index contributed by atoms with van der Waals surface area (Å²) in [6, 6.07) is 18.4. The minimum Gasteiger partial charge on any atom is -0.488 e. The lowest BCUT2D eigenvalue weighted by Gasteiger charge is -2.29. The van der Waals surface area contributed by atoms with Gasteiger partial charge in [-0.05, 0) is 57.2 Å². The van der Waals surface area contributed by atoms with Crippen LogP contribution in [0.15, 0.2) is 54.6 Å². The lowest BCUT2D eigenvalue weighted by atomic mass is 9.93. The second kappa shape index (κ2) is 11.1. The molecule has 6 nitrogen and oxygen atoms in total. The Hall–Kier alpha value is -3.12. The van der Waals surface area contributed by atoms with Gasteiger partial charge in [0.1, 0.15) is 12.4 Å². The molecule has 0 spiro atoms. The smallest absolute Gasteiger partial charge is 0.407 e. The highest BCUT2D eigenvalue weighted by Crippen LogP contribution is 2.32. The van der Waals surface area contributed by atoms with Crippen LogP contribution in [0.25, 0.3) is 10.9 Å². The molecule has 174 valence electrons. The number of nitrogens with zero attached hydrogens (tertiary/aromatic N) is 1. The molecule has 3 aromatic rings. The predicted molar refractivity (Wildman–Crippen MR) is 128 cm³/mol. The van der Waals surface area contributed by atoms with E-state index < -0.39 is 0 Å². The predicted octanol–water partition coefficient (Wildman–Crippen LogP) is 5.70. The van der Waals surface area contributed by atoms with Gasteiger partial charge in [-0.2, -0.15) is 0 Å². The molecule has 1 heterocycles.